The maximum absolute atomic E-state index is 4.23. The molecule has 1 aromatic heterocycles. The van der Waals surface area contributed by atoms with Crippen LogP contribution in [0.25, 0.3) is 0 Å². The van der Waals surface area contributed by atoms with Crippen molar-refractivity contribution in [3.63, 3.8) is 0 Å². The third kappa shape index (κ3) is 3.05. The van der Waals surface area contributed by atoms with Crippen molar-refractivity contribution in [3.05, 3.63) is 54.2 Å². The molecule has 0 atom stereocenters. The van der Waals surface area contributed by atoms with Crippen LogP contribution < -0.4 is 9.38 Å². The van der Waals surface area contributed by atoms with E-state index in [1.54, 1.807) is 0 Å². The van der Waals surface area contributed by atoms with E-state index in [0.717, 1.165) is 24.1 Å². The number of likely N-dealkylation sites (N-methyl/N-ethyl adjacent to an activating group) is 1. The molecule has 1 aromatic carbocycles. The Morgan fingerprint density at radius 2 is 2.00 bits per heavy atom. The third-order valence-electron chi connectivity index (χ3n) is 3.85. The summed E-state index contributed by atoms with van der Waals surface area (Å²) in [5.74, 6) is 0. The van der Waals surface area contributed by atoms with Gasteiger partial charge in [-0.05, 0) is 0 Å². The Bertz CT molecular complexity index is 567. The average molecular weight is 327 g/mol. The number of aromatic nitrogens is 1. The van der Waals surface area contributed by atoms with Gasteiger partial charge < -0.3 is 0 Å². The molecule has 1 saturated heterocycles. The number of pyridine rings is 1. The van der Waals surface area contributed by atoms with Crippen LogP contribution in [0.1, 0.15) is 5.56 Å². The molecule has 3 rings (SSSR count). The molecular formula is C16H18AsN3. The summed E-state index contributed by atoms with van der Waals surface area (Å²) < 4.78 is 1.02. The monoisotopic (exact) mass is 327 g/mol. The fraction of sp³-hybridized carbons (Fsp3) is 0.312. The minimum atomic E-state index is 0.637. The maximum atomic E-state index is 4.23. The molecule has 0 N–H and O–H groups in total. The molecule has 2 aromatic rings. The van der Waals surface area contributed by atoms with Crippen LogP contribution in [0.3, 0.4) is 0 Å². The number of anilines is 1. The summed E-state index contributed by atoms with van der Waals surface area (Å²) in [7, 11) is 2.21. The number of rotatable bonds is 4. The zero-order valence-corrected chi connectivity index (χ0v) is 13.5. The second-order valence-electron chi connectivity index (χ2n) is 5.33. The van der Waals surface area contributed by atoms with Gasteiger partial charge in [0.2, 0.25) is 0 Å². The van der Waals surface area contributed by atoms with E-state index in [4.69, 9.17) is 0 Å². The standard InChI is InChI=1S/C16H18AsN3/c1-19(10-13-5-3-2-4-6-13)15-11-20(12-15)14-7-8-18-16(17)9-14/h2-9,15H,10-12H2,1H3. The van der Waals surface area contributed by atoms with Crippen molar-refractivity contribution in [2.24, 2.45) is 0 Å². The van der Waals surface area contributed by atoms with Gasteiger partial charge in [-0.25, -0.2) is 0 Å². The van der Waals surface area contributed by atoms with Crippen molar-refractivity contribution >= 4 is 27.0 Å². The summed E-state index contributed by atoms with van der Waals surface area (Å²) in [4.78, 5) is 9.07. The van der Waals surface area contributed by atoms with Crippen molar-refractivity contribution in [1.29, 1.82) is 0 Å². The summed E-state index contributed by atoms with van der Waals surface area (Å²) in [5.41, 5.74) is 2.66. The van der Waals surface area contributed by atoms with Gasteiger partial charge in [-0.1, -0.05) is 0 Å². The fourth-order valence-electron chi connectivity index (χ4n) is 2.55. The van der Waals surface area contributed by atoms with E-state index in [0.29, 0.717) is 6.04 Å². The minimum absolute atomic E-state index is 0.637. The molecule has 2 radical (unpaired) electrons. The Morgan fingerprint density at radius 1 is 1.25 bits per heavy atom. The Hall–Kier alpha value is -1.31. The van der Waals surface area contributed by atoms with Crippen molar-refractivity contribution in [2.75, 3.05) is 25.0 Å². The first-order chi connectivity index (χ1) is 9.72. The van der Waals surface area contributed by atoms with Gasteiger partial charge in [-0.15, -0.1) is 0 Å². The van der Waals surface area contributed by atoms with E-state index in [1.807, 2.05) is 6.20 Å². The van der Waals surface area contributed by atoms with Crippen LogP contribution in [-0.2, 0) is 6.54 Å². The molecule has 20 heavy (non-hydrogen) atoms. The van der Waals surface area contributed by atoms with Gasteiger partial charge in [-0.2, -0.15) is 0 Å². The molecule has 0 unspecified atom stereocenters. The third-order valence-corrected chi connectivity index (χ3v) is 4.37. The fourth-order valence-corrected chi connectivity index (χ4v) is 2.97. The first-order valence-electron chi connectivity index (χ1n) is 6.86. The molecule has 0 saturated carbocycles. The molecule has 4 heteroatoms. The molecule has 1 aliphatic rings. The van der Waals surface area contributed by atoms with Gasteiger partial charge >= 0.3 is 129 Å². The van der Waals surface area contributed by atoms with Gasteiger partial charge in [0.1, 0.15) is 0 Å². The van der Waals surface area contributed by atoms with E-state index < -0.39 is 0 Å². The van der Waals surface area contributed by atoms with E-state index in [-0.39, 0.29) is 0 Å². The van der Waals surface area contributed by atoms with Crippen molar-refractivity contribution in [1.82, 2.24) is 9.88 Å². The molecule has 0 bridgehead atoms. The zero-order valence-electron chi connectivity index (χ0n) is 11.6. The number of nitrogens with zero attached hydrogens (tertiary/aromatic N) is 3. The van der Waals surface area contributed by atoms with Crippen LogP contribution in [0.2, 0.25) is 0 Å². The molecule has 102 valence electrons. The molecule has 1 aliphatic heterocycles. The molecule has 2 heterocycles. The van der Waals surface area contributed by atoms with Gasteiger partial charge in [0, 0.05) is 0 Å². The first-order valence-corrected chi connectivity index (χ1v) is 7.80. The van der Waals surface area contributed by atoms with Crippen LogP contribution in [0, 0.1) is 0 Å². The van der Waals surface area contributed by atoms with Crippen LogP contribution in [-0.4, -0.2) is 52.9 Å². The van der Waals surface area contributed by atoms with Gasteiger partial charge in [0.15, 0.2) is 0 Å². The van der Waals surface area contributed by atoms with E-state index in [2.05, 4.69) is 81.1 Å². The summed E-state index contributed by atoms with van der Waals surface area (Å²) in [6, 6.07) is 15.5. The second kappa shape index (κ2) is 5.99. The average Bonchev–Trinajstić information content (AvgIpc) is 2.38. The Kier molecular flexibility index (Phi) is 4.09. The van der Waals surface area contributed by atoms with Gasteiger partial charge in [0.25, 0.3) is 0 Å². The molecule has 0 aliphatic carbocycles. The number of hydrogen-bond donors (Lipinski definition) is 0. The van der Waals surface area contributed by atoms with Crippen molar-refractivity contribution in [2.45, 2.75) is 12.6 Å². The molecular weight excluding hydrogens is 309 g/mol. The first kappa shape index (κ1) is 13.7. The normalized spacial score (nSPS) is 15.4. The number of benzene rings is 1. The van der Waals surface area contributed by atoms with Crippen LogP contribution in [0.4, 0.5) is 5.69 Å². The van der Waals surface area contributed by atoms with E-state index in [1.165, 1.54) is 11.3 Å². The Balaban J connectivity index is 1.55. The summed E-state index contributed by atoms with van der Waals surface area (Å²) in [6.07, 6.45) is 1.88. The molecule has 0 spiro atoms. The van der Waals surface area contributed by atoms with E-state index >= 15 is 0 Å². The molecule has 1 fully saturated rings. The zero-order chi connectivity index (χ0) is 13.9. The van der Waals surface area contributed by atoms with Crippen LogP contribution in [0.15, 0.2) is 48.7 Å². The predicted molar refractivity (Wildman–Crippen MR) is 83.5 cm³/mol. The van der Waals surface area contributed by atoms with Gasteiger partial charge in [0.05, 0.1) is 0 Å². The number of hydrogen-bond acceptors (Lipinski definition) is 3. The summed E-state index contributed by atoms with van der Waals surface area (Å²) in [5, 5.41) is 0. The quantitative estimate of drug-likeness (QED) is 0.787. The summed E-state index contributed by atoms with van der Waals surface area (Å²) >= 11 is 2.50. The predicted octanol–water partition coefficient (Wildman–Crippen LogP) is 1.20. The second-order valence-corrected chi connectivity index (χ2v) is 6.29. The summed E-state index contributed by atoms with van der Waals surface area (Å²) in [6.45, 7) is 3.21. The Morgan fingerprint density at radius 3 is 2.70 bits per heavy atom. The van der Waals surface area contributed by atoms with Crippen LogP contribution >= 0.6 is 0 Å². The van der Waals surface area contributed by atoms with Gasteiger partial charge in [-0.3, -0.25) is 0 Å². The van der Waals surface area contributed by atoms with E-state index in [9.17, 15) is 0 Å². The molecule has 3 nitrogen and oxygen atoms in total. The SMILES string of the molecule is CN(Cc1ccccc1)C1CN(c2ccnc([As])c2)C1. The van der Waals surface area contributed by atoms with Crippen molar-refractivity contribution in [3.8, 4) is 0 Å². The van der Waals surface area contributed by atoms with Crippen molar-refractivity contribution < 1.29 is 0 Å². The Labute approximate surface area is 129 Å². The topological polar surface area (TPSA) is 19.4 Å². The van der Waals surface area contributed by atoms with Crippen LogP contribution in [0.5, 0.6) is 0 Å². The molecule has 0 amide bonds.